The summed E-state index contributed by atoms with van der Waals surface area (Å²) < 4.78 is 0. The van der Waals surface area contributed by atoms with Crippen molar-refractivity contribution in [3.05, 3.63) is 0 Å². The summed E-state index contributed by atoms with van der Waals surface area (Å²) in [6.07, 6.45) is 8.60. The first kappa shape index (κ1) is 14.0. The molecule has 0 aliphatic heterocycles. The van der Waals surface area contributed by atoms with E-state index >= 15 is 0 Å². The number of hydrogen-bond acceptors (Lipinski definition) is 2. The molecule has 2 heteroatoms. The van der Waals surface area contributed by atoms with E-state index in [-0.39, 0.29) is 6.10 Å². The molecule has 16 heavy (non-hydrogen) atoms. The number of hydrogen-bond donors (Lipinski definition) is 1. The molecule has 2 atom stereocenters. The van der Waals surface area contributed by atoms with Gasteiger partial charge in [-0.05, 0) is 44.7 Å². The number of aliphatic hydroxyl groups is 1. The van der Waals surface area contributed by atoms with Gasteiger partial charge in [-0.2, -0.15) is 0 Å². The summed E-state index contributed by atoms with van der Waals surface area (Å²) in [5, 5.41) is 9.86. The lowest BCUT2D eigenvalue weighted by atomic mass is 10.0. The molecule has 2 unspecified atom stereocenters. The van der Waals surface area contributed by atoms with Crippen molar-refractivity contribution in [2.24, 2.45) is 5.92 Å². The van der Waals surface area contributed by atoms with Crippen LogP contribution < -0.4 is 0 Å². The van der Waals surface area contributed by atoms with E-state index in [2.05, 4.69) is 18.7 Å². The summed E-state index contributed by atoms with van der Waals surface area (Å²) in [5.74, 6) is 0.550. The Bertz CT molecular complexity index is 164. The van der Waals surface area contributed by atoms with Crippen LogP contribution in [0.1, 0.15) is 58.8 Å². The highest BCUT2D eigenvalue weighted by Gasteiger charge is 2.26. The maximum atomic E-state index is 9.86. The van der Waals surface area contributed by atoms with Gasteiger partial charge in [0.1, 0.15) is 0 Å². The van der Waals surface area contributed by atoms with Crippen LogP contribution in [0.4, 0.5) is 0 Å². The molecular formula is C14H29NO. The Morgan fingerprint density at radius 3 is 2.12 bits per heavy atom. The molecule has 96 valence electrons. The van der Waals surface area contributed by atoms with Gasteiger partial charge < -0.3 is 10.0 Å². The van der Waals surface area contributed by atoms with Crippen LogP contribution in [-0.4, -0.2) is 35.7 Å². The van der Waals surface area contributed by atoms with E-state index < -0.39 is 0 Å². The van der Waals surface area contributed by atoms with Gasteiger partial charge in [-0.3, -0.25) is 0 Å². The second-order valence-corrected chi connectivity index (χ2v) is 5.27. The average Bonchev–Trinajstić information content (AvgIpc) is 2.68. The number of aliphatic hydroxyl groups excluding tert-OH is 1. The Morgan fingerprint density at radius 1 is 1.06 bits per heavy atom. The largest absolute Gasteiger partial charge is 0.393 e. The molecule has 0 heterocycles. The number of unbranched alkanes of at least 4 members (excludes halogenated alkanes) is 2. The molecule has 0 amide bonds. The van der Waals surface area contributed by atoms with Gasteiger partial charge in [-0.25, -0.2) is 0 Å². The van der Waals surface area contributed by atoms with Gasteiger partial charge >= 0.3 is 0 Å². The Morgan fingerprint density at radius 2 is 1.69 bits per heavy atom. The molecule has 2 nitrogen and oxygen atoms in total. The molecule has 0 spiro atoms. The highest BCUT2D eigenvalue weighted by Crippen LogP contribution is 2.26. The molecule has 1 saturated carbocycles. The van der Waals surface area contributed by atoms with Crippen LogP contribution in [0, 0.1) is 5.92 Å². The number of nitrogens with zero attached hydrogens (tertiary/aromatic N) is 1. The third kappa shape index (κ3) is 4.84. The van der Waals surface area contributed by atoms with Crippen LogP contribution >= 0.6 is 0 Å². The highest BCUT2D eigenvalue weighted by atomic mass is 16.3. The maximum absolute atomic E-state index is 9.86. The summed E-state index contributed by atoms with van der Waals surface area (Å²) in [7, 11) is 0. The monoisotopic (exact) mass is 227 g/mol. The fraction of sp³-hybridized carbons (Fsp3) is 1.00. The topological polar surface area (TPSA) is 23.5 Å². The van der Waals surface area contributed by atoms with Gasteiger partial charge in [0.15, 0.2) is 0 Å². The predicted molar refractivity (Wildman–Crippen MR) is 69.6 cm³/mol. The third-order valence-electron chi connectivity index (χ3n) is 3.77. The van der Waals surface area contributed by atoms with E-state index in [4.69, 9.17) is 0 Å². The van der Waals surface area contributed by atoms with Gasteiger partial charge in [-0.1, -0.05) is 33.1 Å². The minimum absolute atomic E-state index is 0.0225. The minimum atomic E-state index is -0.0225. The molecule has 0 aromatic heterocycles. The molecular weight excluding hydrogens is 198 g/mol. The average molecular weight is 227 g/mol. The van der Waals surface area contributed by atoms with Gasteiger partial charge in [0, 0.05) is 6.54 Å². The van der Waals surface area contributed by atoms with Crippen molar-refractivity contribution >= 4 is 0 Å². The van der Waals surface area contributed by atoms with E-state index in [1.165, 1.54) is 51.6 Å². The Labute approximate surface area is 101 Å². The van der Waals surface area contributed by atoms with Crippen molar-refractivity contribution in [2.45, 2.75) is 64.9 Å². The Balaban J connectivity index is 2.29. The Kier molecular flexibility index (Phi) is 7.06. The second-order valence-electron chi connectivity index (χ2n) is 5.27. The van der Waals surface area contributed by atoms with E-state index in [0.29, 0.717) is 5.92 Å². The van der Waals surface area contributed by atoms with Crippen LogP contribution in [0.25, 0.3) is 0 Å². The second kappa shape index (κ2) is 8.08. The normalized spacial score (nSPS) is 25.5. The zero-order valence-corrected chi connectivity index (χ0v) is 11.1. The predicted octanol–water partition coefficient (Wildman–Crippen LogP) is 3.05. The van der Waals surface area contributed by atoms with Crippen LogP contribution in [0.3, 0.4) is 0 Å². The van der Waals surface area contributed by atoms with Crippen LogP contribution in [0.2, 0.25) is 0 Å². The van der Waals surface area contributed by atoms with E-state index in [1.54, 1.807) is 0 Å². The molecule has 0 aromatic carbocycles. The standard InChI is InChI=1S/C14H29NO/c1-3-5-10-15(11-6-4-2)12-13-8-7-9-14(13)16/h13-14,16H,3-12H2,1-2H3. The first-order chi connectivity index (χ1) is 7.77. The molecule has 1 aliphatic rings. The van der Waals surface area contributed by atoms with Crippen molar-refractivity contribution < 1.29 is 5.11 Å². The quantitative estimate of drug-likeness (QED) is 0.689. The molecule has 1 rings (SSSR count). The fourth-order valence-electron chi connectivity index (χ4n) is 2.62. The van der Waals surface area contributed by atoms with Crippen molar-refractivity contribution in [1.29, 1.82) is 0 Å². The lowest BCUT2D eigenvalue weighted by Gasteiger charge is -2.26. The maximum Gasteiger partial charge on any atom is 0.0580 e. The third-order valence-corrected chi connectivity index (χ3v) is 3.77. The van der Waals surface area contributed by atoms with Crippen LogP contribution in [0.5, 0.6) is 0 Å². The summed E-state index contributed by atoms with van der Waals surface area (Å²) in [6.45, 7) is 8.07. The first-order valence-corrected chi connectivity index (χ1v) is 7.18. The zero-order chi connectivity index (χ0) is 11.8. The summed E-state index contributed by atoms with van der Waals surface area (Å²) in [5.41, 5.74) is 0. The van der Waals surface area contributed by atoms with Gasteiger partial charge in [0.25, 0.3) is 0 Å². The van der Waals surface area contributed by atoms with Crippen molar-refractivity contribution in [1.82, 2.24) is 4.90 Å². The Hall–Kier alpha value is -0.0800. The lowest BCUT2D eigenvalue weighted by Crippen LogP contribution is -2.34. The smallest absolute Gasteiger partial charge is 0.0580 e. The molecule has 0 bridgehead atoms. The van der Waals surface area contributed by atoms with E-state index in [9.17, 15) is 5.11 Å². The number of rotatable bonds is 8. The lowest BCUT2D eigenvalue weighted by molar-refractivity contribution is 0.101. The SMILES string of the molecule is CCCCN(CCCC)CC1CCCC1O. The molecule has 0 aromatic rings. The van der Waals surface area contributed by atoms with E-state index in [1.807, 2.05) is 0 Å². The van der Waals surface area contributed by atoms with E-state index in [0.717, 1.165) is 13.0 Å². The fourth-order valence-corrected chi connectivity index (χ4v) is 2.62. The van der Waals surface area contributed by atoms with Crippen LogP contribution in [0.15, 0.2) is 0 Å². The summed E-state index contributed by atoms with van der Waals surface area (Å²) in [6, 6.07) is 0. The zero-order valence-electron chi connectivity index (χ0n) is 11.1. The highest BCUT2D eigenvalue weighted by molar-refractivity contribution is 4.79. The molecule has 1 N–H and O–H groups in total. The first-order valence-electron chi connectivity index (χ1n) is 7.18. The van der Waals surface area contributed by atoms with Gasteiger partial charge in [-0.15, -0.1) is 0 Å². The molecule has 0 radical (unpaired) electrons. The molecule has 1 fully saturated rings. The van der Waals surface area contributed by atoms with Gasteiger partial charge in [0.2, 0.25) is 0 Å². The van der Waals surface area contributed by atoms with Crippen molar-refractivity contribution in [3.8, 4) is 0 Å². The summed E-state index contributed by atoms with van der Waals surface area (Å²) in [4.78, 5) is 2.58. The molecule has 0 saturated heterocycles. The molecule has 1 aliphatic carbocycles. The van der Waals surface area contributed by atoms with Crippen LogP contribution in [-0.2, 0) is 0 Å². The minimum Gasteiger partial charge on any atom is -0.393 e. The van der Waals surface area contributed by atoms with Crippen molar-refractivity contribution in [2.75, 3.05) is 19.6 Å². The van der Waals surface area contributed by atoms with Gasteiger partial charge in [0.05, 0.1) is 6.10 Å². The summed E-state index contributed by atoms with van der Waals surface area (Å²) >= 11 is 0. The van der Waals surface area contributed by atoms with Crippen molar-refractivity contribution in [3.63, 3.8) is 0 Å².